The van der Waals surface area contributed by atoms with Gasteiger partial charge in [0.2, 0.25) is 0 Å². The SMILES string of the molecule is COc1ccc(C2CC(=O)C(/C=C\C(C)=O)=CN2Cc2ccccc2)cc1. The minimum atomic E-state index is -0.0735. The molecule has 0 aromatic heterocycles. The summed E-state index contributed by atoms with van der Waals surface area (Å²) in [5.74, 6) is 0.754. The predicted molar refractivity (Wildman–Crippen MR) is 105 cm³/mol. The number of carbonyl (C=O) groups is 2. The van der Waals surface area contributed by atoms with Crippen LogP contribution in [0.25, 0.3) is 0 Å². The second-order valence-corrected chi connectivity index (χ2v) is 6.60. The summed E-state index contributed by atoms with van der Waals surface area (Å²) in [4.78, 5) is 26.1. The highest BCUT2D eigenvalue weighted by atomic mass is 16.5. The van der Waals surface area contributed by atoms with Gasteiger partial charge in [-0.2, -0.15) is 0 Å². The molecule has 0 saturated carbocycles. The maximum atomic E-state index is 12.6. The van der Waals surface area contributed by atoms with Crippen LogP contribution in [0.3, 0.4) is 0 Å². The molecule has 0 spiro atoms. The van der Waals surface area contributed by atoms with Crippen molar-refractivity contribution < 1.29 is 14.3 Å². The van der Waals surface area contributed by atoms with Crippen molar-refractivity contribution in [3.8, 4) is 5.75 Å². The van der Waals surface area contributed by atoms with Crippen molar-refractivity contribution >= 4 is 11.6 Å². The van der Waals surface area contributed by atoms with Gasteiger partial charge in [-0.05, 0) is 42.3 Å². The largest absolute Gasteiger partial charge is 0.497 e. The molecule has 3 rings (SSSR count). The van der Waals surface area contributed by atoms with Crippen LogP contribution in [-0.4, -0.2) is 23.6 Å². The number of Topliss-reactive ketones (excluding diaryl/α,β-unsaturated/α-hetero) is 1. The molecule has 4 heteroatoms. The third kappa shape index (κ3) is 4.73. The fourth-order valence-corrected chi connectivity index (χ4v) is 3.18. The molecule has 1 atom stereocenters. The summed E-state index contributed by atoms with van der Waals surface area (Å²) >= 11 is 0. The van der Waals surface area contributed by atoms with E-state index < -0.39 is 0 Å². The smallest absolute Gasteiger partial charge is 0.166 e. The highest BCUT2D eigenvalue weighted by Crippen LogP contribution is 2.33. The monoisotopic (exact) mass is 361 g/mol. The Labute approximate surface area is 159 Å². The Hall–Kier alpha value is -3.14. The van der Waals surface area contributed by atoms with E-state index in [2.05, 4.69) is 17.0 Å². The molecule has 0 aliphatic carbocycles. The third-order valence-corrected chi connectivity index (χ3v) is 4.61. The number of hydrogen-bond donors (Lipinski definition) is 0. The Morgan fingerprint density at radius 3 is 2.48 bits per heavy atom. The number of hydrogen-bond acceptors (Lipinski definition) is 4. The first-order chi connectivity index (χ1) is 13.1. The van der Waals surface area contributed by atoms with Crippen LogP contribution in [-0.2, 0) is 16.1 Å². The normalized spacial score (nSPS) is 17.1. The molecule has 0 saturated heterocycles. The Bertz CT molecular complexity index is 866. The highest BCUT2D eigenvalue weighted by Gasteiger charge is 2.28. The van der Waals surface area contributed by atoms with Crippen LogP contribution in [0.2, 0.25) is 0 Å². The van der Waals surface area contributed by atoms with E-state index in [0.717, 1.165) is 16.9 Å². The molecule has 1 aliphatic rings. The van der Waals surface area contributed by atoms with E-state index >= 15 is 0 Å². The zero-order chi connectivity index (χ0) is 19.2. The average molecular weight is 361 g/mol. The second-order valence-electron chi connectivity index (χ2n) is 6.60. The topological polar surface area (TPSA) is 46.6 Å². The van der Waals surface area contributed by atoms with Crippen molar-refractivity contribution in [1.29, 1.82) is 0 Å². The molecular formula is C23H23NO3. The first kappa shape index (κ1) is 18.6. The molecule has 4 nitrogen and oxygen atoms in total. The van der Waals surface area contributed by atoms with E-state index in [9.17, 15) is 9.59 Å². The molecule has 27 heavy (non-hydrogen) atoms. The van der Waals surface area contributed by atoms with Crippen LogP contribution in [0.5, 0.6) is 5.75 Å². The number of ketones is 2. The summed E-state index contributed by atoms with van der Waals surface area (Å²) in [6.45, 7) is 2.16. The Kier molecular flexibility index (Phi) is 5.87. The zero-order valence-electron chi connectivity index (χ0n) is 15.6. The van der Waals surface area contributed by atoms with Gasteiger partial charge >= 0.3 is 0 Å². The Morgan fingerprint density at radius 1 is 1.15 bits per heavy atom. The maximum absolute atomic E-state index is 12.6. The number of allylic oxidation sites excluding steroid dienone is 3. The lowest BCUT2D eigenvalue weighted by atomic mass is 9.92. The lowest BCUT2D eigenvalue weighted by molar-refractivity contribution is -0.117. The standard InChI is InChI=1S/C23H23NO3/c1-17(25)8-9-20-16-24(15-18-6-4-3-5-7-18)22(14-23(20)26)19-10-12-21(27-2)13-11-19/h3-13,16,22H,14-15H2,1-2H3/b9-8-. The second kappa shape index (κ2) is 8.49. The predicted octanol–water partition coefficient (Wildman–Crippen LogP) is 4.24. The molecule has 2 aromatic rings. The molecule has 0 bridgehead atoms. The Morgan fingerprint density at radius 2 is 1.85 bits per heavy atom. The maximum Gasteiger partial charge on any atom is 0.166 e. The first-order valence-corrected chi connectivity index (χ1v) is 8.94. The van der Waals surface area contributed by atoms with Crippen LogP contribution < -0.4 is 4.74 Å². The highest BCUT2D eigenvalue weighted by molar-refractivity contribution is 6.00. The van der Waals surface area contributed by atoms with Gasteiger partial charge in [-0.3, -0.25) is 9.59 Å². The van der Waals surface area contributed by atoms with E-state index in [0.29, 0.717) is 18.5 Å². The van der Waals surface area contributed by atoms with Crippen molar-refractivity contribution in [2.75, 3.05) is 7.11 Å². The van der Waals surface area contributed by atoms with Crippen LogP contribution in [0.1, 0.15) is 30.5 Å². The van der Waals surface area contributed by atoms with E-state index in [1.165, 1.54) is 13.0 Å². The van der Waals surface area contributed by atoms with Gasteiger partial charge in [0.05, 0.1) is 13.2 Å². The quantitative estimate of drug-likeness (QED) is 0.722. The van der Waals surface area contributed by atoms with Crippen LogP contribution >= 0.6 is 0 Å². The fraction of sp³-hybridized carbons (Fsp3) is 0.217. The lowest BCUT2D eigenvalue weighted by Crippen LogP contribution is -2.31. The number of rotatable bonds is 6. The number of nitrogens with zero attached hydrogens (tertiary/aromatic N) is 1. The molecule has 1 heterocycles. The van der Waals surface area contributed by atoms with Crippen molar-refractivity contribution in [1.82, 2.24) is 4.90 Å². The van der Waals surface area contributed by atoms with Crippen LogP contribution in [0.4, 0.5) is 0 Å². The molecule has 138 valence electrons. The van der Waals surface area contributed by atoms with Gasteiger partial charge in [0.15, 0.2) is 11.6 Å². The average Bonchev–Trinajstić information content (AvgIpc) is 2.69. The van der Waals surface area contributed by atoms with Gasteiger partial charge in [0.25, 0.3) is 0 Å². The minimum Gasteiger partial charge on any atom is -0.497 e. The molecule has 0 amide bonds. The molecule has 1 unspecified atom stereocenters. The molecule has 1 aliphatic heterocycles. The van der Waals surface area contributed by atoms with Crippen LogP contribution in [0.15, 0.2) is 78.5 Å². The van der Waals surface area contributed by atoms with Gasteiger partial charge in [0.1, 0.15) is 5.75 Å². The summed E-state index contributed by atoms with van der Waals surface area (Å²) in [7, 11) is 1.64. The summed E-state index contributed by atoms with van der Waals surface area (Å²) in [5, 5.41) is 0. The van der Waals surface area contributed by atoms with Gasteiger partial charge in [-0.1, -0.05) is 42.5 Å². The van der Waals surface area contributed by atoms with Gasteiger partial charge in [-0.25, -0.2) is 0 Å². The zero-order valence-corrected chi connectivity index (χ0v) is 15.6. The number of ether oxygens (including phenoxy) is 1. The molecule has 0 radical (unpaired) electrons. The summed E-state index contributed by atoms with van der Waals surface area (Å²) in [6.07, 6.45) is 5.30. The van der Waals surface area contributed by atoms with Gasteiger partial charge < -0.3 is 9.64 Å². The number of methoxy groups -OCH3 is 1. The van der Waals surface area contributed by atoms with Crippen molar-refractivity contribution in [3.05, 3.63) is 89.6 Å². The Balaban J connectivity index is 1.94. The van der Waals surface area contributed by atoms with Crippen LogP contribution in [0, 0.1) is 0 Å². The van der Waals surface area contributed by atoms with Crippen molar-refractivity contribution in [2.45, 2.75) is 25.9 Å². The van der Waals surface area contributed by atoms with E-state index in [-0.39, 0.29) is 17.6 Å². The first-order valence-electron chi connectivity index (χ1n) is 8.94. The summed E-state index contributed by atoms with van der Waals surface area (Å²) in [5.41, 5.74) is 2.79. The van der Waals surface area contributed by atoms with Crippen molar-refractivity contribution in [2.24, 2.45) is 0 Å². The van der Waals surface area contributed by atoms with Crippen molar-refractivity contribution in [3.63, 3.8) is 0 Å². The molecule has 2 aromatic carbocycles. The molecule has 0 fully saturated rings. The summed E-state index contributed by atoms with van der Waals surface area (Å²) < 4.78 is 5.24. The van der Waals surface area contributed by atoms with E-state index in [1.54, 1.807) is 13.2 Å². The summed E-state index contributed by atoms with van der Waals surface area (Å²) in [6, 6.07) is 17.9. The fourth-order valence-electron chi connectivity index (χ4n) is 3.18. The molecule has 0 N–H and O–H groups in total. The third-order valence-electron chi connectivity index (χ3n) is 4.61. The molecular weight excluding hydrogens is 338 g/mol. The minimum absolute atomic E-state index is 0.0395. The number of benzene rings is 2. The van der Waals surface area contributed by atoms with E-state index in [1.807, 2.05) is 48.7 Å². The van der Waals surface area contributed by atoms with Gasteiger partial charge in [0, 0.05) is 24.7 Å². The van der Waals surface area contributed by atoms with E-state index in [4.69, 9.17) is 4.74 Å². The number of carbonyl (C=O) groups excluding carboxylic acids is 2. The van der Waals surface area contributed by atoms with Gasteiger partial charge in [-0.15, -0.1) is 0 Å². The lowest BCUT2D eigenvalue weighted by Gasteiger charge is -2.35.